The van der Waals surface area contributed by atoms with Gasteiger partial charge in [-0.2, -0.15) is 0 Å². The molecule has 1 heteroatoms. The largest absolute Gasteiger partial charge is 0.497 e. The molecule has 0 saturated heterocycles. The van der Waals surface area contributed by atoms with Crippen LogP contribution in [0.2, 0.25) is 0 Å². The second-order valence-corrected chi connectivity index (χ2v) is 3.21. The molecule has 0 N–H and O–H groups in total. The highest BCUT2D eigenvalue weighted by Crippen LogP contribution is 2.14. The molecule has 1 aromatic carbocycles. The zero-order chi connectivity index (χ0) is 9.52. The van der Waals surface area contributed by atoms with Crippen molar-refractivity contribution in [3.05, 3.63) is 29.8 Å². The number of hydrogen-bond donors (Lipinski definition) is 0. The lowest BCUT2D eigenvalue weighted by Crippen LogP contribution is -1.88. The Morgan fingerprint density at radius 3 is 2.92 bits per heavy atom. The minimum atomic E-state index is 0.935. The zero-order valence-corrected chi connectivity index (χ0v) is 8.47. The van der Waals surface area contributed by atoms with Gasteiger partial charge in [0, 0.05) is 0 Å². The Morgan fingerprint density at radius 1 is 1.38 bits per heavy atom. The summed E-state index contributed by atoms with van der Waals surface area (Å²) in [7, 11) is 1.70. The van der Waals surface area contributed by atoms with E-state index in [1.54, 1.807) is 7.11 Å². The van der Waals surface area contributed by atoms with Crippen LogP contribution in [0.1, 0.15) is 31.7 Å². The number of unbranched alkanes of at least 4 members (excludes halogenated alkanes) is 2. The molecule has 1 radical (unpaired) electrons. The first kappa shape index (κ1) is 10.1. The van der Waals surface area contributed by atoms with Crippen molar-refractivity contribution in [3.63, 3.8) is 0 Å². The third-order valence-electron chi connectivity index (χ3n) is 2.12. The van der Waals surface area contributed by atoms with E-state index >= 15 is 0 Å². The number of benzene rings is 1. The second-order valence-electron chi connectivity index (χ2n) is 3.21. The Morgan fingerprint density at radius 2 is 2.23 bits per heavy atom. The maximum absolute atomic E-state index is 5.14. The summed E-state index contributed by atoms with van der Waals surface area (Å²) in [6, 6.07) is 9.15. The lowest BCUT2D eigenvalue weighted by molar-refractivity contribution is 0.414. The van der Waals surface area contributed by atoms with E-state index in [1.807, 2.05) is 12.1 Å². The fourth-order valence-electron chi connectivity index (χ4n) is 1.33. The smallest absolute Gasteiger partial charge is 0.119 e. The Labute approximate surface area is 80.7 Å². The zero-order valence-electron chi connectivity index (χ0n) is 8.47. The van der Waals surface area contributed by atoms with Crippen LogP contribution in [0.5, 0.6) is 5.75 Å². The van der Waals surface area contributed by atoms with Gasteiger partial charge in [-0.15, -0.1) is 0 Å². The van der Waals surface area contributed by atoms with Gasteiger partial charge in [0.25, 0.3) is 0 Å². The van der Waals surface area contributed by atoms with E-state index in [1.165, 1.54) is 24.8 Å². The molecule has 13 heavy (non-hydrogen) atoms. The summed E-state index contributed by atoms with van der Waals surface area (Å²) in [5, 5.41) is 0. The van der Waals surface area contributed by atoms with Gasteiger partial charge in [-0.1, -0.05) is 25.8 Å². The van der Waals surface area contributed by atoms with Crippen LogP contribution in [-0.4, -0.2) is 7.11 Å². The third-order valence-corrected chi connectivity index (χ3v) is 2.12. The first-order chi connectivity index (χ1) is 6.36. The minimum Gasteiger partial charge on any atom is -0.497 e. The highest BCUT2D eigenvalue weighted by Gasteiger charge is 1.95. The van der Waals surface area contributed by atoms with Crippen molar-refractivity contribution >= 4 is 0 Å². The summed E-state index contributed by atoms with van der Waals surface area (Å²) in [6.45, 7) is 2.22. The van der Waals surface area contributed by atoms with E-state index < -0.39 is 0 Å². The molecule has 0 unspecified atom stereocenters. The molecule has 0 aliphatic heterocycles. The minimum absolute atomic E-state index is 0.935. The van der Waals surface area contributed by atoms with E-state index in [0.717, 1.165) is 12.2 Å². The summed E-state index contributed by atoms with van der Waals surface area (Å²) >= 11 is 0. The van der Waals surface area contributed by atoms with Crippen LogP contribution in [0, 0.1) is 6.07 Å². The fourth-order valence-corrected chi connectivity index (χ4v) is 1.33. The van der Waals surface area contributed by atoms with Crippen LogP contribution >= 0.6 is 0 Å². The SMILES string of the molecule is CCCCCc1[c]ccc(OC)c1. The van der Waals surface area contributed by atoms with Gasteiger partial charge in [-0.25, -0.2) is 0 Å². The van der Waals surface area contributed by atoms with Gasteiger partial charge in [0.2, 0.25) is 0 Å². The molecule has 0 aliphatic carbocycles. The normalized spacial score (nSPS) is 10.0. The number of hydrogen-bond acceptors (Lipinski definition) is 1. The van der Waals surface area contributed by atoms with Crippen molar-refractivity contribution in [2.24, 2.45) is 0 Å². The summed E-state index contributed by atoms with van der Waals surface area (Å²) in [5.74, 6) is 0.935. The van der Waals surface area contributed by atoms with E-state index in [4.69, 9.17) is 4.74 Å². The van der Waals surface area contributed by atoms with Crippen molar-refractivity contribution < 1.29 is 4.74 Å². The lowest BCUT2D eigenvalue weighted by Gasteiger charge is -2.02. The van der Waals surface area contributed by atoms with Gasteiger partial charge in [-0.05, 0) is 36.6 Å². The molecule has 0 aliphatic rings. The van der Waals surface area contributed by atoms with Crippen molar-refractivity contribution in [3.8, 4) is 5.75 Å². The maximum Gasteiger partial charge on any atom is 0.119 e. The lowest BCUT2D eigenvalue weighted by atomic mass is 10.1. The predicted octanol–water partition coefficient (Wildman–Crippen LogP) is 3.23. The Kier molecular flexibility index (Phi) is 4.37. The number of aryl methyl sites for hydroxylation is 1. The van der Waals surface area contributed by atoms with Gasteiger partial charge >= 0.3 is 0 Å². The molecular weight excluding hydrogens is 160 g/mol. The van der Waals surface area contributed by atoms with Gasteiger partial charge in [0.05, 0.1) is 7.11 Å². The van der Waals surface area contributed by atoms with Gasteiger partial charge in [0.15, 0.2) is 0 Å². The quantitative estimate of drug-likeness (QED) is 0.627. The summed E-state index contributed by atoms with van der Waals surface area (Å²) < 4.78 is 5.14. The molecule has 0 saturated carbocycles. The second kappa shape index (κ2) is 5.63. The van der Waals surface area contributed by atoms with E-state index in [2.05, 4.69) is 19.1 Å². The molecule has 1 rings (SSSR count). The highest BCUT2D eigenvalue weighted by molar-refractivity contribution is 5.27. The molecule has 1 aromatic rings. The van der Waals surface area contributed by atoms with Crippen LogP contribution in [-0.2, 0) is 6.42 Å². The van der Waals surface area contributed by atoms with Gasteiger partial charge in [0.1, 0.15) is 5.75 Å². The predicted molar refractivity (Wildman–Crippen MR) is 55.1 cm³/mol. The van der Waals surface area contributed by atoms with Crippen LogP contribution in [0.3, 0.4) is 0 Å². The van der Waals surface area contributed by atoms with Crippen molar-refractivity contribution in [1.29, 1.82) is 0 Å². The molecule has 0 amide bonds. The van der Waals surface area contributed by atoms with Gasteiger partial charge < -0.3 is 4.74 Å². The Balaban J connectivity index is 2.46. The molecule has 0 bridgehead atoms. The van der Waals surface area contributed by atoms with Crippen molar-refractivity contribution in [1.82, 2.24) is 0 Å². The third kappa shape index (κ3) is 3.49. The fraction of sp³-hybridized carbons (Fsp3) is 0.500. The average molecular weight is 177 g/mol. The monoisotopic (exact) mass is 177 g/mol. The Bertz CT molecular complexity index is 243. The Hall–Kier alpha value is -0.980. The van der Waals surface area contributed by atoms with E-state index in [9.17, 15) is 0 Å². The van der Waals surface area contributed by atoms with Crippen LogP contribution < -0.4 is 4.74 Å². The molecule has 71 valence electrons. The first-order valence-electron chi connectivity index (χ1n) is 4.91. The molecule has 0 heterocycles. The number of methoxy groups -OCH3 is 1. The van der Waals surface area contributed by atoms with Gasteiger partial charge in [-0.3, -0.25) is 0 Å². The van der Waals surface area contributed by atoms with Crippen LogP contribution in [0.25, 0.3) is 0 Å². The molecule has 0 fully saturated rings. The summed E-state index contributed by atoms with van der Waals surface area (Å²) in [4.78, 5) is 0. The first-order valence-corrected chi connectivity index (χ1v) is 4.91. The highest BCUT2D eigenvalue weighted by atomic mass is 16.5. The molecule has 1 nitrogen and oxygen atoms in total. The van der Waals surface area contributed by atoms with Crippen LogP contribution in [0.4, 0.5) is 0 Å². The number of rotatable bonds is 5. The summed E-state index contributed by atoms with van der Waals surface area (Å²) in [5.41, 5.74) is 1.26. The summed E-state index contributed by atoms with van der Waals surface area (Å²) in [6.07, 6.45) is 4.93. The van der Waals surface area contributed by atoms with Crippen molar-refractivity contribution in [2.75, 3.05) is 7.11 Å². The molecule has 0 spiro atoms. The van der Waals surface area contributed by atoms with E-state index in [-0.39, 0.29) is 0 Å². The topological polar surface area (TPSA) is 9.23 Å². The molecule has 0 atom stereocenters. The average Bonchev–Trinajstić information content (AvgIpc) is 2.19. The van der Waals surface area contributed by atoms with Crippen LogP contribution in [0.15, 0.2) is 18.2 Å². The molecule has 0 aromatic heterocycles. The van der Waals surface area contributed by atoms with Crippen molar-refractivity contribution in [2.45, 2.75) is 32.6 Å². The maximum atomic E-state index is 5.14. The molecular formula is C12H17O. The van der Waals surface area contributed by atoms with E-state index in [0.29, 0.717) is 0 Å². The number of ether oxygens (including phenoxy) is 1. The standard InChI is InChI=1S/C12H17O/c1-3-4-5-7-11-8-6-9-12(10-11)13-2/h6,9-10H,3-5,7H2,1-2H3.